The molecule has 1 aromatic carbocycles. The van der Waals surface area contributed by atoms with E-state index in [9.17, 15) is 4.79 Å². The first kappa shape index (κ1) is 14.7. The number of amides is 1. The van der Waals surface area contributed by atoms with Gasteiger partial charge in [0, 0.05) is 18.4 Å². The maximum atomic E-state index is 12.2. The van der Waals surface area contributed by atoms with Crippen molar-refractivity contribution in [1.29, 1.82) is 0 Å². The monoisotopic (exact) mass is 299 g/mol. The van der Waals surface area contributed by atoms with Gasteiger partial charge in [0.25, 0.3) is 0 Å². The lowest BCUT2D eigenvalue weighted by Gasteiger charge is -2.22. The van der Waals surface area contributed by atoms with Crippen molar-refractivity contribution in [3.8, 4) is 5.75 Å². The van der Waals surface area contributed by atoms with Gasteiger partial charge in [0.05, 0.1) is 19.4 Å². The molecule has 0 saturated heterocycles. The Morgan fingerprint density at radius 2 is 2.32 bits per heavy atom. The van der Waals surface area contributed by atoms with Gasteiger partial charge >= 0.3 is 0 Å². The van der Waals surface area contributed by atoms with Crippen LogP contribution in [0.2, 0.25) is 0 Å². The molecular formula is C18H21NO3. The van der Waals surface area contributed by atoms with E-state index in [1.165, 1.54) is 0 Å². The molecule has 4 heteroatoms. The fraction of sp³-hybridized carbons (Fsp3) is 0.389. The van der Waals surface area contributed by atoms with Gasteiger partial charge in [0.2, 0.25) is 5.91 Å². The molecule has 0 aliphatic heterocycles. The first-order chi connectivity index (χ1) is 10.8. The number of furan rings is 1. The van der Waals surface area contributed by atoms with Crippen LogP contribution in [0.1, 0.15) is 42.2 Å². The predicted molar refractivity (Wildman–Crippen MR) is 83.8 cm³/mol. The van der Waals surface area contributed by atoms with Gasteiger partial charge in [-0.3, -0.25) is 4.79 Å². The maximum absolute atomic E-state index is 12.2. The van der Waals surface area contributed by atoms with Gasteiger partial charge < -0.3 is 14.5 Å². The van der Waals surface area contributed by atoms with Crippen molar-refractivity contribution in [1.82, 2.24) is 5.32 Å². The van der Waals surface area contributed by atoms with Crippen molar-refractivity contribution < 1.29 is 13.9 Å². The average Bonchev–Trinajstić information content (AvgIpc) is 3.03. The molecule has 1 amide bonds. The van der Waals surface area contributed by atoms with E-state index in [0.717, 1.165) is 41.9 Å². The highest BCUT2D eigenvalue weighted by Crippen LogP contribution is 2.30. The summed E-state index contributed by atoms with van der Waals surface area (Å²) < 4.78 is 10.7. The number of carbonyl (C=O) groups excluding carboxylic acids is 1. The Kier molecular flexibility index (Phi) is 4.47. The first-order valence-corrected chi connectivity index (χ1v) is 7.75. The number of rotatable bonds is 5. The van der Waals surface area contributed by atoms with Crippen LogP contribution in [0.3, 0.4) is 0 Å². The van der Waals surface area contributed by atoms with Crippen LogP contribution in [0.25, 0.3) is 0 Å². The van der Waals surface area contributed by atoms with E-state index < -0.39 is 0 Å². The van der Waals surface area contributed by atoms with E-state index in [1.807, 2.05) is 30.3 Å². The zero-order chi connectivity index (χ0) is 15.4. The van der Waals surface area contributed by atoms with Gasteiger partial charge in [-0.15, -0.1) is 0 Å². The molecule has 1 unspecified atom stereocenters. The summed E-state index contributed by atoms with van der Waals surface area (Å²) in [6.45, 7) is 0. The Hall–Kier alpha value is -2.23. The van der Waals surface area contributed by atoms with E-state index in [1.54, 1.807) is 13.4 Å². The smallest absolute Gasteiger partial charge is 0.220 e. The maximum Gasteiger partial charge on any atom is 0.220 e. The highest BCUT2D eigenvalue weighted by Gasteiger charge is 2.23. The van der Waals surface area contributed by atoms with Gasteiger partial charge in [0.15, 0.2) is 0 Å². The zero-order valence-corrected chi connectivity index (χ0v) is 12.8. The molecule has 0 fully saturated rings. The lowest BCUT2D eigenvalue weighted by atomic mass is 9.93. The minimum absolute atomic E-state index is 0.0851. The lowest BCUT2D eigenvalue weighted by Crippen LogP contribution is -2.30. The molecule has 1 heterocycles. The number of ether oxygens (including phenoxy) is 1. The topological polar surface area (TPSA) is 51.5 Å². The summed E-state index contributed by atoms with van der Waals surface area (Å²) in [5.74, 6) is 1.93. The highest BCUT2D eigenvalue weighted by molar-refractivity contribution is 5.76. The molecule has 1 N–H and O–H groups in total. The number of methoxy groups -OCH3 is 1. The largest absolute Gasteiger partial charge is 0.497 e. The van der Waals surface area contributed by atoms with Gasteiger partial charge in [-0.25, -0.2) is 0 Å². The summed E-state index contributed by atoms with van der Waals surface area (Å²) in [4.78, 5) is 12.2. The molecule has 4 nitrogen and oxygen atoms in total. The van der Waals surface area contributed by atoms with Crippen molar-refractivity contribution >= 4 is 5.91 Å². The van der Waals surface area contributed by atoms with Gasteiger partial charge in [0.1, 0.15) is 11.5 Å². The summed E-state index contributed by atoms with van der Waals surface area (Å²) >= 11 is 0. The number of nitrogens with one attached hydrogen (secondary N) is 1. The molecular weight excluding hydrogens is 278 g/mol. The Morgan fingerprint density at radius 3 is 3.18 bits per heavy atom. The third-order valence-electron chi connectivity index (χ3n) is 4.16. The van der Waals surface area contributed by atoms with Crippen molar-refractivity contribution in [3.05, 3.63) is 53.5 Å². The molecule has 1 aliphatic carbocycles. The fourth-order valence-corrected chi connectivity index (χ4v) is 2.99. The second-order valence-corrected chi connectivity index (χ2v) is 5.66. The summed E-state index contributed by atoms with van der Waals surface area (Å²) in [6, 6.07) is 9.92. The van der Waals surface area contributed by atoms with E-state index in [-0.39, 0.29) is 11.9 Å². The highest BCUT2D eigenvalue weighted by atomic mass is 16.5. The second-order valence-electron chi connectivity index (χ2n) is 5.66. The molecule has 22 heavy (non-hydrogen) atoms. The number of carbonyl (C=O) groups is 1. The van der Waals surface area contributed by atoms with Crippen LogP contribution in [0.15, 0.2) is 41.0 Å². The Balaban J connectivity index is 1.55. The van der Waals surface area contributed by atoms with E-state index in [2.05, 4.69) is 5.32 Å². The van der Waals surface area contributed by atoms with Gasteiger partial charge in [-0.2, -0.15) is 0 Å². The van der Waals surface area contributed by atoms with Crippen LogP contribution in [-0.2, 0) is 17.6 Å². The third-order valence-corrected chi connectivity index (χ3v) is 4.16. The van der Waals surface area contributed by atoms with Crippen molar-refractivity contribution in [3.63, 3.8) is 0 Å². The molecule has 116 valence electrons. The molecule has 0 spiro atoms. The Labute approximate surface area is 130 Å². The quantitative estimate of drug-likeness (QED) is 0.920. The summed E-state index contributed by atoms with van der Waals surface area (Å²) in [5.41, 5.74) is 2.25. The minimum Gasteiger partial charge on any atom is -0.497 e. The SMILES string of the molecule is COc1cccc(CCC(=O)NC2CCCc3occc32)c1. The van der Waals surface area contributed by atoms with Crippen molar-refractivity contribution in [2.75, 3.05) is 7.11 Å². The summed E-state index contributed by atoms with van der Waals surface area (Å²) in [6.07, 6.45) is 5.92. The van der Waals surface area contributed by atoms with Crippen LogP contribution in [0.4, 0.5) is 0 Å². The number of aryl methyl sites for hydroxylation is 2. The molecule has 1 aliphatic rings. The Bertz CT molecular complexity index is 647. The molecule has 0 bridgehead atoms. The van der Waals surface area contributed by atoms with Crippen LogP contribution < -0.4 is 10.1 Å². The summed E-state index contributed by atoms with van der Waals surface area (Å²) in [7, 11) is 1.65. The van der Waals surface area contributed by atoms with Crippen molar-refractivity contribution in [2.45, 2.75) is 38.1 Å². The number of hydrogen-bond acceptors (Lipinski definition) is 3. The second kappa shape index (κ2) is 6.69. The van der Waals surface area contributed by atoms with Crippen LogP contribution >= 0.6 is 0 Å². The molecule has 2 aromatic rings. The Morgan fingerprint density at radius 1 is 1.41 bits per heavy atom. The van der Waals surface area contributed by atoms with Crippen LogP contribution in [0, 0.1) is 0 Å². The molecule has 1 aromatic heterocycles. The van der Waals surface area contributed by atoms with Crippen LogP contribution in [-0.4, -0.2) is 13.0 Å². The first-order valence-electron chi connectivity index (χ1n) is 7.75. The molecule has 0 saturated carbocycles. The normalized spacial score (nSPS) is 16.9. The molecule has 3 rings (SSSR count). The average molecular weight is 299 g/mol. The van der Waals surface area contributed by atoms with Gasteiger partial charge in [-0.05, 0) is 43.0 Å². The van der Waals surface area contributed by atoms with E-state index >= 15 is 0 Å². The van der Waals surface area contributed by atoms with E-state index in [4.69, 9.17) is 9.15 Å². The minimum atomic E-state index is 0.0851. The lowest BCUT2D eigenvalue weighted by molar-refractivity contribution is -0.121. The number of benzene rings is 1. The number of hydrogen-bond donors (Lipinski definition) is 1. The fourth-order valence-electron chi connectivity index (χ4n) is 2.99. The summed E-state index contributed by atoms with van der Waals surface area (Å²) in [5, 5.41) is 3.13. The predicted octanol–water partition coefficient (Wildman–Crippen LogP) is 3.41. The van der Waals surface area contributed by atoms with Crippen LogP contribution in [0.5, 0.6) is 5.75 Å². The van der Waals surface area contributed by atoms with Gasteiger partial charge in [-0.1, -0.05) is 12.1 Å². The van der Waals surface area contributed by atoms with Crippen molar-refractivity contribution in [2.24, 2.45) is 0 Å². The number of fused-ring (bicyclic) bond motifs is 1. The zero-order valence-electron chi connectivity index (χ0n) is 12.8. The molecule has 1 atom stereocenters. The van der Waals surface area contributed by atoms with E-state index in [0.29, 0.717) is 12.8 Å². The molecule has 0 radical (unpaired) electrons. The standard InChI is InChI=1S/C18H21NO3/c1-21-14-5-2-4-13(12-14)8-9-18(20)19-16-6-3-7-17-15(16)10-11-22-17/h2,4-5,10-12,16H,3,6-9H2,1H3,(H,19,20). The third kappa shape index (κ3) is 3.32.